The predicted octanol–water partition coefficient (Wildman–Crippen LogP) is 7.05. The summed E-state index contributed by atoms with van der Waals surface area (Å²) in [4.78, 5) is 22.9. The molecule has 2 atom stereocenters. The molecular formula is C32H32F4N6O3S. The third-order valence-corrected chi connectivity index (χ3v) is 8.22. The Labute approximate surface area is 267 Å². The van der Waals surface area contributed by atoms with Crippen LogP contribution in [0.25, 0.3) is 17.1 Å². The van der Waals surface area contributed by atoms with Gasteiger partial charge in [-0.05, 0) is 79.3 Å². The number of anilines is 1. The van der Waals surface area contributed by atoms with E-state index >= 15 is 0 Å². The first-order valence-electron chi connectivity index (χ1n) is 14.5. The number of halogens is 4. The van der Waals surface area contributed by atoms with Crippen LogP contribution in [-0.2, 0) is 6.42 Å². The summed E-state index contributed by atoms with van der Waals surface area (Å²) in [5, 5.41) is 18.3. The summed E-state index contributed by atoms with van der Waals surface area (Å²) in [5.41, 5.74) is 3.66. The van der Waals surface area contributed by atoms with Crippen molar-refractivity contribution in [3.8, 4) is 22.8 Å². The van der Waals surface area contributed by atoms with Crippen molar-refractivity contribution in [3.63, 3.8) is 0 Å². The van der Waals surface area contributed by atoms with Gasteiger partial charge in [0.15, 0.2) is 11.0 Å². The molecule has 3 aromatic carbocycles. The minimum Gasteiger partial charge on any atom is -0.406 e. The molecule has 242 valence electrons. The molecule has 0 saturated carbocycles. The minimum atomic E-state index is -4.76. The number of rotatable bonds is 9. The van der Waals surface area contributed by atoms with Crippen molar-refractivity contribution in [2.75, 3.05) is 10.7 Å². The molecular weight excluding hydrogens is 624 g/mol. The number of carbonyl (C=O) groups excluding carboxylic acids is 1. The Morgan fingerprint density at radius 1 is 1.11 bits per heavy atom. The van der Waals surface area contributed by atoms with Crippen molar-refractivity contribution in [2.45, 2.75) is 58.2 Å². The standard InChI is InChI=1S/C32H32F4N6O3S/c1-19(2)26-16-23(33)10-15-27(26)42-28(43)17-46-31(42)39-30(44)38-20(3)4-5-21-6-8-22(9-7-21)29-37-18-41(40-29)24-11-13-25(14-12-24)45-32(34,35)36/h6-16,18-20,28,43H,4-5,17H2,1-3H3,(H,38,44). The lowest BCUT2D eigenvalue weighted by atomic mass is 10.00. The molecule has 2 amide bonds. The summed E-state index contributed by atoms with van der Waals surface area (Å²) in [6.07, 6.45) is -2.85. The molecule has 1 aliphatic heterocycles. The van der Waals surface area contributed by atoms with Crippen molar-refractivity contribution >= 4 is 28.6 Å². The van der Waals surface area contributed by atoms with Gasteiger partial charge in [-0.2, -0.15) is 4.99 Å². The van der Waals surface area contributed by atoms with Gasteiger partial charge in [0.1, 0.15) is 24.1 Å². The van der Waals surface area contributed by atoms with Crippen molar-refractivity contribution in [1.29, 1.82) is 0 Å². The summed E-state index contributed by atoms with van der Waals surface area (Å²) in [6, 6.07) is 16.6. The number of thioether (sulfide) groups is 1. The summed E-state index contributed by atoms with van der Waals surface area (Å²) in [5.74, 6) is 0.0858. The quantitative estimate of drug-likeness (QED) is 0.186. The SMILES string of the molecule is CC(CCc1ccc(-c2ncn(-c3ccc(OC(F)(F)F)cc3)n2)cc1)NC(=O)N=C1SCC(O)N1c1ccc(F)cc1C(C)C. The molecule has 14 heteroatoms. The van der Waals surface area contributed by atoms with Crippen LogP contribution in [0.4, 0.5) is 28.0 Å². The van der Waals surface area contributed by atoms with E-state index in [0.29, 0.717) is 46.5 Å². The van der Waals surface area contributed by atoms with Crippen LogP contribution in [0.5, 0.6) is 5.75 Å². The zero-order valence-electron chi connectivity index (χ0n) is 25.2. The highest BCUT2D eigenvalue weighted by molar-refractivity contribution is 8.14. The molecule has 0 bridgehead atoms. The van der Waals surface area contributed by atoms with Gasteiger partial charge in [0.05, 0.1) is 5.69 Å². The van der Waals surface area contributed by atoms with Crippen LogP contribution in [-0.4, -0.2) is 55.5 Å². The molecule has 2 unspecified atom stereocenters. The molecule has 1 aromatic heterocycles. The molecule has 5 rings (SSSR count). The Kier molecular flexibility index (Phi) is 9.97. The number of alkyl halides is 3. The summed E-state index contributed by atoms with van der Waals surface area (Å²) < 4.78 is 56.5. The van der Waals surface area contributed by atoms with Gasteiger partial charge in [-0.25, -0.2) is 18.9 Å². The molecule has 4 aromatic rings. The van der Waals surface area contributed by atoms with Crippen LogP contribution in [0.1, 0.15) is 44.2 Å². The van der Waals surface area contributed by atoms with Crippen molar-refractivity contribution in [3.05, 3.63) is 90.0 Å². The fraction of sp³-hybridized carbons (Fsp3) is 0.312. The smallest absolute Gasteiger partial charge is 0.406 e. The lowest BCUT2D eigenvalue weighted by Crippen LogP contribution is -2.37. The van der Waals surface area contributed by atoms with Gasteiger partial charge >= 0.3 is 12.4 Å². The Morgan fingerprint density at radius 3 is 2.50 bits per heavy atom. The summed E-state index contributed by atoms with van der Waals surface area (Å²) in [6.45, 7) is 5.75. The largest absolute Gasteiger partial charge is 0.573 e. The second-order valence-electron chi connectivity index (χ2n) is 11.1. The zero-order chi connectivity index (χ0) is 33.0. The number of hydrogen-bond donors (Lipinski definition) is 2. The van der Waals surface area contributed by atoms with Gasteiger partial charge in [-0.3, -0.25) is 4.90 Å². The number of nitrogens with zero attached hydrogens (tertiary/aromatic N) is 5. The Balaban J connectivity index is 1.16. The number of aromatic nitrogens is 3. The molecule has 46 heavy (non-hydrogen) atoms. The molecule has 1 fully saturated rings. The predicted molar refractivity (Wildman–Crippen MR) is 169 cm³/mol. The van der Waals surface area contributed by atoms with Gasteiger partial charge in [-0.1, -0.05) is 49.9 Å². The van der Waals surface area contributed by atoms with E-state index in [1.165, 1.54) is 59.2 Å². The highest BCUT2D eigenvalue weighted by Crippen LogP contribution is 2.35. The van der Waals surface area contributed by atoms with Crippen LogP contribution in [0.15, 0.2) is 78.0 Å². The van der Waals surface area contributed by atoms with Gasteiger partial charge in [-0.15, -0.1) is 18.3 Å². The van der Waals surface area contributed by atoms with Crippen LogP contribution in [0.2, 0.25) is 0 Å². The van der Waals surface area contributed by atoms with E-state index in [1.807, 2.05) is 45.0 Å². The molecule has 2 heterocycles. The number of carbonyl (C=O) groups is 1. The second-order valence-corrected chi connectivity index (χ2v) is 12.0. The fourth-order valence-corrected chi connectivity index (χ4v) is 5.86. The summed E-state index contributed by atoms with van der Waals surface area (Å²) in [7, 11) is 0. The maximum Gasteiger partial charge on any atom is 0.573 e. The van der Waals surface area contributed by atoms with Gasteiger partial charge < -0.3 is 15.2 Å². The van der Waals surface area contributed by atoms with E-state index in [0.717, 1.165) is 11.1 Å². The number of ether oxygens (including phenoxy) is 1. The molecule has 1 aliphatic rings. The lowest BCUT2D eigenvalue weighted by Gasteiger charge is -2.26. The average molecular weight is 657 g/mol. The second kappa shape index (κ2) is 13.9. The van der Waals surface area contributed by atoms with E-state index in [4.69, 9.17) is 0 Å². The number of amidine groups is 1. The first kappa shape index (κ1) is 32.9. The highest BCUT2D eigenvalue weighted by atomic mass is 32.2. The van der Waals surface area contributed by atoms with E-state index in [2.05, 4.69) is 25.1 Å². The third-order valence-electron chi connectivity index (χ3n) is 7.21. The van der Waals surface area contributed by atoms with Gasteiger partial charge in [0, 0.05) is 23.0 Å². The number of aliphatic hydroxyl groups is 1. The molecule has 0 radical (unpaired) electrons. The number of benzene rings is 3. The zero-order valence-corrected chi connectivity index (χ0v) is 26.0. The molecule has 0 spiro atoms. The Bertz CT molecular complexity index is 1690. The minimum absolute atomic E-state index is 0.00237. The summed E-state index contributed by atoms with van der Waals surface area (Å²) >= 11 is 1.26. The third kappa shape index (κ3) is 8.23. The number of amides is 2. The van der Waals surface area contributed by atoms with Crippen LogP contribution in [0.3, 0.4) is 0 Å². The first-order valence-corrected chi connectivity index (χ1v) is 15.5. The van der Waals surface area contributed by atoms with Crippen LogP contribution < -0.4 is 15.0 Å². The Morgan fingerprint density at radius 2 is 1.83 bits per heavy atom. The van der Waals surface area contributed by atoms with E-state index in [9.17, 15) is 27.5 Å². The number of aliphatic imine (C=N–C) groups is 1. The van der Waals surface area contributed by atoms with Crippen molar-refractivity contribution in [1.82, 2.24) is 20.1 Å². The number of hydrogen-bond acceptors (Lipinski definition) is 6. The first-order chi connectivity index (χ1) is 21.9. The fourth-order valence-electron chi connectivity index (χ4n) is 4.90. The van der Waals surface area contributed by atoms with E-state index < -0.39 is 18.6 Å². The number of aryl methyl sites for hydroxylation is 1. The number of urea groups is 1. The van der Waals surface area contributed by atoms with Gasteiger partial charge in [0.25, 0.3) is 0 Å². The number of aliphatic hydroxyl groups excluding tert-OH is 1. The van der Waals surface area contributed by atoms with Crippen LogP contribution in [0, 0.1) is 5.82 Å². The normalized spacial score (nSPS) is 16.7. The monoisotopic (exact) mass is 656 g/mol. The van der Waals surface area contributed by atoms with Crippen LogP contribution >= 0.6 is 11.8 Å². The lowest BCUT2D eigenvalue weighted by molar-refractivity contribution is -0.274. The molecule has 0 aliphatic carbocycles. The van der Waals surface area contributed by atoms with Crippen molar-refractivity contribution in [2.24, 2.45) is 4.99 Å². The highest BCUT2D eigenvalue weighted by Gasteiger charge is 2.33. The number of nitrogens with one attached hydrogen (secondary N) is 1. The maximum absolute atomic E-state index is 13.9. The molecule has 1 saturated heterocycles. The average Bonchev–Trinajstić information content (AvgIpc) is 3.63. The van der Waals surface area contributed by atoms with Crippen molar-refractivity contribution < 1.29 is 32.2 Å². The topological polar surface area (TPSA) is 105 Å². The molecule has 9 nitrogen and oxygen atoms in total. The maximum atomic E-state index is 13.9. The molecule has 2 N–H and O–H groups in total. The Hall–Kier alpha value is -4.43. The van der Waals surface area contributed by atoms with E-state index in [-0.39, 0.29) is 23.5 Å². The van der Waals surface area contributed by atoms with E-state index in [1.54, 1.807) is 11.0 Å². The van der Waals surface area contributed by atoms with Gasteiger partial charge in [0.2, 0.25) is 0 Å².